The third kappa shape index (κ3) is 5.48. The number of hydrogen-bond acceptors (Lipinski definition) is 3. The lowest BCUT2D eigenvalue weighted by atomic mass is 10.2. The molecule has 104 valence electrons. The predicted octanol–water partition coefficient (Wildman–Crippen LogP) is 1.28. The standard InChI is InChI=1S/C13H16FNO4/c1-2-15(12(16)8-19-9-13(17)18)7-10-4-3-5-11(14)6-10/h3-6H,2,7-9H2,1H3,(H,17,18). The molecular weight excluding hydrogens is 253 g/mol. The summed E-state index contributed by atoms with van der Waals surface area (Å²) in [6.45, 7) is 1.68. The number of hydrogen-bond donors (Lipinski definition) is 1. The van der Waals surface area contributed by atoms with E-state index in [-0.39, 0.29) is 24.9 Å². The second kappa shape index (κ2) is 7.48. The summed E-state index contributed by atoms with van der Waals surface area (Å²) >= 11 is 0. The molecule has 1 N–H and O–H groups in total. The molecule has 0 heterocycles. The van der Waals surface area contributed by atoms with E-state index < -0.39 is 12.6 Å². The van der Waals surface area contributed by atoms with Gasteiger partial charge in [0.15, 0.2) is 0 Å². The molecule has 0 unspecified atom stereocenters. The van der Waals surface area contributed by atoms with Crippen LogP contribution in [-0.2, 0) is 20.9 Å². The number of ether oxygens (including phenoxy) is 1. The molecule has 19 heavy (non-hydrogen) atoms. The molecule has 0 aliphatic rings. The first-order valence-electron chi connectivity index (χ1n) is 5.84. The van der Waals surface area contributed by atoms with Crippen molar-refractivity contribution >= 4 is 11.9 Å². The number of rotatable bonds is 7. The van der Waals surface area contributed by atoms with Crippen molar-refractivity contribution in [2.24, 2.45) is 0 Å². The molecule has 0 saturated carbocycles. The van der Waals surface area contributed by atoms with Crippen LogP contribution in [0.5, 0.6) is 0 Å². The van der Waals surface area contributed by atoms with Crippen molar-refractivity contribution in [1.29, 1.82) is 0 Å². The molecule has 6 heteroatoms. The van der Waals surface area contributed by atoms with Crippen molar-refractivity contribution in [2.45, 2.75) is 13.5 Å². The highest BCUT2D eigenvalue weighted by atomic mass is 19.1. The number of amides is 1. The van der Waals surface area contributed by atoms with Crippen LogP contribution in [0.25, 0.3) is 0 Å². The molecule has 0 radical (unpaired) electrons. The minimum absolute atomic E-state index is 0.267. The minimum atomic E-state index is -1.12. The monoisotopic (exact) mass is 269 g/mol. The van der Waals surface area contributed by atoms with Crippen molar-refractivity contribution in [3.8, 4) is 0 Å². The van der Waals surface area contributed by atoms with E-state index in [1.807, 2.05) is 0 Å². The number of benzene rings is 1. The van der Waals surface area contributed by atoms with Crippen molar-refractivity contribution in [1.82, 2.24) is 4.90 Å². The first kappa shape index (κ1) is 15.1. The van der Waals surface area contributed by atoms with Crippen LogP contribution in [0.1, 0.15) is 12.5 Å². The Morgan fingerprint density at radius 2 is 2.11 bits per heavy atom. The maximum atomic E-state index is 13.0. The Labute approximate surface area is 110 Å². The fourth-order valence-electron chi connectivity index (χ4n) is 1.55. The van der Waals surface area contributed by atoms with E-state index in [4.69, 9.17) is 9.84 Å². The van der Waals surface area contributed by atoms with Gasteiger partial charge in [-0.2, -0.15) is 0 Å². The lowest BCUT2D eigenvalue weighted by Gasteiger charge is -2.20. The van der Waals surface area contributed by atoms with Gasteiger partial charge in [0.25, 0.3) is 0 Å². The molecule has 0 bridgehead atoms. The van der Waals surface area contributed by atoms with Crippen molar-refractivity contribution < 1.29 is 23.8 Å². The fraction of sp³-hybridized carbons (Fsp3) is 0.385. The quantitative estimate of drug-likeness (QED) is 0.809. The molecule has 1 aromatic carbocycles. The van der Waals surface area contributed by atoms with Crippen LogP contribution in [0.15, 0.2) is 24.3 Å². The lowest BCUT2D eigenvalue weighted by molar-refractivity contribution is -0.146. The van der Waals surface area contributed by atoms with E-state index in [0.717, 1.165) is 0 Å². The third-order valence-electron chi connectivity index (χ3n) is 2.45. The van der Waals surface area contributed by atoms with E-state index in [2.05, 4.69) is 0 Å². The molecule has 1 aromatic rings. The highest BCUT2D eigenvalue weighted by molar-refractivity contribution is 5.78. The highest BCUT2D eigenvalue weighted by Gasteiger charge is 2.13. The van der Waals surface area contributed by atoms with E-state index in [1.165, 1.54) is 17.0 Å². The molecule has 5 nitrogen and oxygen atoms in total. The van der Waals surface area contributed by atoms with Crippen molar-refractivity contribution in [2.75, 3.05) is 19.8 Å². The molecular formula is C13H16FNO4. The number of nitrogens with zero attached hydrogens (tertiary/aromatic N) is 1. The summed E-state index contributed by atoms with van der Waals surface area (Å²) in [6, 6.07) is 5.98. The Hall–Kier alpha value is -1.95. The van der Waals surface area contributed by atoms with E-state index in [0.29, 0.717) is 12.1 Å². The number of carboxylic acids is 1. The van der Waals surface area contributed by atoms with Gasteiger partial charge < -0.3 is 14.7 Å². The number of carboxylic acid groups (broad SMARTS) is 1. The molecule has 0 aromatic heterocycles. The van der Waals surface area contributed by atoms with Crippen LogP contribution < -0.4 is 0 Å². The SMILES string of the molecule is CCN(Cc1cccc(F)c1)C(=O)COCC(=O)O. The molecule has 0 saturated heterocycles. The largest absolute Gasteiger partial charge is 0.480 e. The summed E-state index contributed by atoms with van der Waals surface area (Å²) in [6.07, 6.45) is 0. The van der Waals surface area contributed by atoms with Crippen LogP contribution >= 0.6 is 0 Å². The van der Waals surface area contributed by atoms with Gasteiger partial charge in [-0.25, -0.2) is 9.18 Å². The summed E-state index contributed by atoms with van der Waals surface area (Å²) in [4.78, 5) is 23.5. The van der Waals surface area contributed by atoms with Crippen molar-refractivity contribution in [3.05, 3.63) is 35.6 Å². The second-order valence-electron chi connectivity index (χ2n) is 3.92. The fourth-order valence-corrected chi connectivity index (χ4v) is 1.55. The van der Waals surface area contributed by atoms with Crippen LogP contribution in [0.4, 0.5) is 4.39 Å². The Morgan fingerprint density at radius 1 is 1.37 bits per heavy atom. The molecule has 1 amide bonds. The number of carbonyl (C=O) groups excluding carboxylic acids is 1. The molecule has 0 fully saturated rings. The van der Waals surface area contributed by atoms with Crippen LogP contribution in [0.2, 0.25) is 0 Å². The summed E-state index contributed by atoms with van der Waals surface area (Å²) in [7, 11) is 0. The van der Waals surface area contributed by atoms with Crippen LogP contribution in [-0.4, -0.2) is 41.6 Å². The molecule has 1 rings (SSSR count). The third-order valence-corrected chi connectivity index (χ3v) is 2.45. The van der Waals surface area contributed by atoms with Gasteiger partial charge in [-0.15, -0.1) is 0 Å². The Kier molecular flexibility index (Phi) is 5.95. The topological polar surface area (TPSA) is 66.8 Å². The van der Waals surface area contributed by atoms with Gasteiger partial charge in [0.05, 0.1) is 0 Å². The summed E-state index contributed by atoms with van der Waals surface area (Å²) in [5.74, 6) is -1.81. The zero-order valence-corrected chi connectivity index (χ0v) is 10.6. The van der Waals surface area contributed by atoms with Gasteiger partial charge in [0, 0.05) is 13.1 Å². The normalized spacial score (nSPS) is 10.2. The van der Waals surface area contributed by atoms with E-state index in [9.17, 15) is 14.0 Å². The van der Waals surface area contributed by atoms with Crippen LogP contribution in [0.3, 0.4) is 0 Å². The second-order valence-corrected chi connectivity index (χ2v) is 3.92. The van der Waals surface area contributed by atoms with Gasteiger partial charge in [0.2, 0.25) is 5.91 Å². The van der Waals surface area contributed by atoms with Gasteiger partial charge in [0.1, 0.15) is 19.0 Å². The average Bonchev–Trinajstić information content (AvgIpc) is 2.35. The van der Waals surface area contributed by atoms with Gasteiger partial charge in [-0.05, 0) is 24.6 Å². The minimum Gasteiger partial charge on any atom is -0.480 e. The van der Waals surface area contributed by atoms with E-state index in [1.54, 1.807) is 19.1 Å². The maximum Gasteiger partial charge on any atom is 0.329 e. The highest BCUT2D eigenvalue weighted by Crippen LogP contribution is 2.07. The number of carbonyl (C=O) groups is 2. The zero-order chi connectivity index (χ0) is 14.3. The first-order chi connectivity index (χ1) is 9.02. The summed E-state index contributed by atoms with van der Waals surface area (Å²) < 4.78 is 17.8. The Balaban J connectivity index is 2.52. The van der Waals surface area contributed by atoms with Crippen LogP contribution in [0, 0.1) is 5.82 Å². The number of aliphatic carboxylic acids is 1. The summed E-state index contributed by atoms with van der Waals surface area (Å²) in [5.41, 5.74) is 0.674. The van der Waals surface area contributed by atoms with E-state index >= 15 is 0 Å². The van der Waals surface area contributed by atoms with Gasteiger partial charge in [-0.1, -0.05) is 12.1 Å². The lowest BCUT2D eigenvalue weighted by Crippen LogP contribution is -2.34. The molecule has 0 atom stereocenters. The number of halogens is 1. The van der Waals surface area contributed by atoms with Gasteiger partial charge in [-0.3, -0.25) is 4.79 Å². The molecule has 0 spiro atoms. The summed E-state index contributed by atoms with van der Waals surface area (Å²) in [5, 5.41) is 8.40. The smallest absolute Gasteiger partial charge is 0.329 e. The molecule has 0 aliphatic heterocycles. The predicted molar refractivity (Wildman–Crippen MR) is 65.9 cm³/mol. The zero-order valence-electron chi connectivity index (χ0n) is 10.6. The average molecular weight is 269 g/mol. The van der Waals surface area contributed by atoms with Gasteiger partial charge >= 0.3 is 5.97 Å². The first-order valence-corrected chi connectivity index (χ1v) is 5.84. The van der Waals surface area contributed by atoms with Crippen molar-refractivity contribution in [3.63, 3.8) is 0 Å². The Bertz CT molecular complexity index is 450. The molecule has 0 aliphatic carbocycles. The Morgan fingerprint density at radius 3 is 2.68 bits per heavy atom. The number of likely N-dealkylation sites (N-methyl/N-ethyl adjacent to an activating group) is 1. The maximum absolute atomic E-state index is 13.0.